The third kappa shape index (κ3) is 2.79. The zero-order valence-corrected chi connectivity index (χ0v) is 11.6. The van der Waals surface area contributed by atoms with Gasteiger partial charge in [-0.05, 0) is 38.1 Å². The van der Waals surface area contributed by atoms with Crippen molar-refractivity contribution in [1.82, 2.24) is 15.1 Å². The van der Waals surface area contributed by atoms with Crippen LogP contribution in [0.5, 0.6) is 0 Å². The first kappa shape index (κ1) is 12.8. The summed E-state index contributed by atoms with van der Waals surface area (Å²) in [5.41, 5.74) is 5.12. The standard InChI is InChI=1S/C15H21N3/c1-11-5-6-12(2)14(9-11)15(16-3)10-13-7-8-18(4)17-13/h5-9,15-16H,10H2,1-4H3. The van der Waals surface area contributed by atoms with Crippen LogP contribution in [0.3, 0.4) is 0 Å². The Kier molecular flexibility index (Phi) is 3.82. The third-order valence-corrected chi connectivity index (χ3v) is 3.34. The van der Waals surface area contributed by atoms with Crippen LogP contribution in [0.25, 0.3) is 0 Å². The van der Waals surface area contributed by atoms with E-state index in [0.29, 0.717) is 6.04 Å². The van der Waals surface area contributed by atoms with Gasteiger partial charge in [-0.15, -0.1) is 0 Å². The molecule has 18 heavy (non-hydrogen) atoms. The van der Waals surface area contributed by atoms with Gasteiger partial charge in [0.15, 0.2) is 0 Å². The Balaban J connectivity index is 2.25. The highest BCUT2D eigenvalue weighted by Crippen LogP contribution is 2.22. The van der Waals surface area contributed by atoms with E-state index in [9.17, 15) is 0 Å². The molecular formula is C15H21N3. The van der Waals surface area contributed by atoms with Gasteiger partial charge in [0, 0.05) is 25.7 Å². The molecule has 2 aromatic rings. The highest BCUT2D eigenvalue weighted by atomic mass is 15.2. The van der Waals surface area contributed by atoms with E-state index < -0.39 is 0 Å². The highest BCUT2D eigenvalue weighted by molar-refractivity contribution is 5.33. The molecule has 0 bridgehead atoms. The zero-order valence-electron chi connectivity index (χ0n) is 11.6. The van der Waals surface area contributed by atoms with Gasteiger partial charge in [0.2, 0.25) is 0 Å². The summed E-state index contributed by atoms with van der Waals surface area (Å²) in [6.45, 7) is 4.30. The lowest BCUT2D eigenvalue weighted by molar-refractivity contribution is 0.574. The lowest BCUT2D eigenvalue weighted by Crippen LogP contribution is -2.20. The van der Waals surface area contributed by atoms with Crippen LogP contribution in [-0.4, -0.2) is 16.8 Å². The second-order valence-corrected chi connectivity index (χ2v) is 4.89. The second-order valence-electron chi connectivity index (χ2n) is 4.89. The van der Waals surface area contributed by atoms with Gasteiger partial charge in [-0.25, -0.2) is 0 Å². The van der Waals surface area contributed by atoms with Gasteiger partial charge in [0.05, 0.1) is 5.69 Å². The SMILES string of the molecule is CNC(Cc1ccn(C)n1)c1cc(C)ccc1C. The molecule has 1 aromatic heterocycles. The number of nitrogens with zero attached hydrogens (tertiary/aromatic N) is 2. The number of hydrogen-bond donors (Lipinski definition) is 1. The van der Waals surface area contributed by atoms with Crippen LogP contribution in [0.2, 0.25) is 0 Å². The molecule has 0 saturated carbocycles. The number of aryl methyl sites for hydroxylation is 3. The molecule has 0 fully saturated rings. The summed E-state index contributed by atoms with van der Waals surface area (Å²) >= 11 is 0. The summed E-state index contributed by atoms with van der Waals surface area (Å²) in [5, 5.41) is 7.85. The molecule has 0 spiro atoms. The van der Waals surface area contributed by atoms with E-state index in [2.05, 4.69) is 48.5 Å². The van der Waals surface area contributed by atoms with Gasteiger partial charge in [0.25, 0.3) is 0 Å². The predicted octanol–water partition coefficient (Wildman–Crippen LogP) is 2.54. The minimum atomic E-state index is 0.319. The number of likely N-dealkylation sites (N-methyl/N-ethyl adjacent to an activating group) is 1. The Hall–Kier alpha value is -1.61. The van der Waals surface area contributed by atoms with Crippen LogP contribution < -0.4 is 5.32 Å². The number of benzene rings is 1. The average molecular weight is 243 g/mol. The number of nitrogens with one attached hydrogen (secondary N) is 1. The molecule has 0 amide bonds. The molecule has 3 heteroatoms. The van der Waals surface area contributed by atoms with Crippen LogP contribution in [0.4, 0.5) is 0 Å². The van der Waals surface area contributed by atoms with Crippen molar-refractivity contribution in [3.63, 3.8) is 0 Å². The maximum atomic E-state index is 4.45. The number of rotatable bonds is 4. The Morgan fingerprint density at radius 1 is 1.28 bits per heavy atom. The molecule has 1 aromatic carbocycles. The molecule has 1 unspecified atom stereocenters. The Morgan fingerprint density at radius 2 is 2.06 bits per heavy atom. The zero-order chi connectivity index (χ0) is 13.1. The Bertz CT molecular complexity index is 528. The first-order valence-corrected chi connectivity index (χ1v) is 6.33. The first-order chi connectivity index (χ1) is 8.60. The fraction of sp³-hybridized carbons (Fsp3) is 0.400. The molecule has 1 N–H and O–H groups in total. The predicted molar refractivity (Wildman–Crippen MR) is 74.6 cm³/mol. The van der Waals surface area contributed by atoms with Crippen molar-refractivity contribution in [2.75, 3.05) is 7.05 Å². The van der Waals surface area contributed by atoms with Crippen LogP contribution in [0, 0.1) is 13.8 Å². The van der Waals surface area contributed by atoms with Gasteiger partial charge in [0.1, 0.15) is 0 Å². The van der Waals surface area contributed by atoms with Crippen LogP contribution in [0.15, 0.2) is 30.5 Å². The normalized spacial score (nSPS) is 12.7. The Morgan fingerprint density at radius 3 is 2.67 bits per heavy atom. The third-order valence-electron chi connectivity index (χ3n) is 3.34. The van der Waals surface area contributed by atoms with Crippen molar-refractivity contribution in [1.29, 1.82) is 0 Å². The Labute approximate surface area is 109 Å². The molecule has 96 valence electrons. The van der Waals surface area contributed by atoms with E-state index in [4.69, 9.17) is 0 Å². The first-order valence-electron chi connectivity index (χ1n) is 6.33. The largest absolute Gasteiger partial charge is 0.313 e. The fourth-order valence-corrected chi connectivity index (χ4v) is 2.28. The van der Waals surface area contributed by atoms with Crippen molar-refractivity contribution in [3.05, 3.63) is 52.8 Å². The van der Waals surface area contributed by atoms with E-state index in [1.165, 1.54) is 16.7 Å². The van der Waals surface area contributed by atoms with Gasteiger partial charge < -0.3 is 5.32 Å². The average Bonchev–Trinajstić information content (AvgIpc) is 2.75. The van der Waals surface area contributed by atoms with Crippen LogP contribution in [0.1, 0.15) is 28.4 Å². The molecule has 2 rings (SSSR count). The summed E-state index contributed by atoms with van der Waals surface area (Å²) in [4.78, 5) is 0. The lowest BCUT2D eigenvalue weighted by Gasteiger charge is -2.18. The van der Waals surface area contributed by atoms with E-state index in [0.717, 1.165) is 12.1 Å². The fourth-order valence-electron chi connectivity index (χ4n) is 2.28. The molecule has 1 heterocycles. The van der Waals surface area contributed by atoms with Gasteiger partial charge in [-0.1, -0.05) is 23.8 Å². The van der Waals surface area contributed by atoms with E-state index in [1.54, 1.807) is 0 Å². The van der Waals surface area contributed by atoms with Crippen molar-refractivity contribution < 1.29 is 0 Å². The molecule has 3 nitrogen and oxygen atoms in total. The summed E-state index contributed by atoms with van der Waals surface area (Å²) in [6.07, 6.45) is 2.91. The number of hydrogen-bond acceptors (Lipinski definition) is 2. The van der Waals surface area contributed by atoms with Gasteiger partial charge >= 0.3 is 0 Å². The maximum Gasteiger partial charge on any atom is 0.0643 e. The molecule has 0 aliphatic rings. The van der Waals surface area contributed by atoms with Crippen molar-refractivity contribution in [2.45, 2.75) is 26.3 Å². The van der Waals surface area contributed by atoms with Crippen molar-refractivity contribution in [2.24, 2.45) is 7.05 Å². The molecule has 0 aliphatic heterocycles. The quantitative estimate of drug-likeness (QED) is 0.894. The summed E-state index contributed by atoms with van der Waals surface area (Å²) in [5.74, 6) is 0. The molecule has 0 radical (unpaired) electrons. The van der Waals surface area contributed by atoms with E-state index in [1.807, 2.05) is 25.0 Å². The van der Waals surface area contributed by atoms with Crippen LogP contribution >= 0.6 is 0 Å². The summed E-state index contributed by atoms with van der Waals surface area (Å²) in [7, 11) is 3.96. The molecule has 0 aliphatic carbocycles. The van der Waals surface area contributed by atoms with Crippen molar-refractivity contribution >= 4 is 0 Å². The monoisotopic (exact) mass is 243 g/mol. The summed E-state index contributed by atoms with van der Waals surface area (Å²) < 4.78 is 1.85. The van der Waals surface area contributed by atoms with Gasteiger partial charge in [-0.2, -0.15) is 5.10 Å². The molecular weight excluding hydrogens is 222 g/mol. The topological polar surface area (TPSA) is 29.9 Å². The highest BCUT2D eigenvalue weighted by Gasteiger charge is 2.14. The summed E-state index contributed by atoms with van der Waals surface area (Å²) in [6, 6.07) is 9.01. The van der Waals surface area contributed by atoms with Crippen molar-refractivity contribution in [3.8, 4) is 0 Å². The molecule has 0 saturated heterocycles. The second kappa shape index (κ2) is 5.36. The van der Waals surface area contributed by atoms with Gasteiger partial charge in [-0.3, -0.25) is 4.68 Å². The minimum absolute atomic E-state index is 0.319. The number of aromatic nitrogens is 2. The maximum absolute atomic E-state index is 4.45. The van der Waals surface area contributed by atoms with E-state index in [-0.39, 0.29) is 0 Å². The minimum Gasteiger partial charge on any atom is -0.313 e. The smallest absolute Gasteiger partial charge is 0.0643 e. The molecule has 1 atom stereocenters. The van der Waals surface area contributed by atoms with E-state index >= 15 is 0 Å². The van der Waals surface area contributed by atoms with Crippen LogP contribution in [-0.2, 0) is 13.5 Å². The lowest BCUT2D eigenvalue weighted by atomic mass is 9.96.